The number of nitrogens with zero attached hydrogens (tertiary/aromatic N) is 1. The second kappa shape index (κ2) is 6.94. The molecule has 26 heavy (non-hydrogen) atoms. The zero-order chi connectivity index (χ0) is 18.1. The number of carbonyl (C=O) groups excluding carboxylic acids is 2. The molecule has 3 aliphatic rings. The van der Waals surface area contributed by atoms with E-state index >= 15 is 0 Å². The van der Waals surface area contributed by atoms with Crippen LogP contribution in [0.1, 0.15) is 36.8 Å². The van der Waals surface area contributed by atoms with Crippen molar-refractivity contribution in [2.75, 3.05) is 10.2 Å². The Hall–Kier alpha value is -2.62. The van der Waals surface area contributed by atoms with Gasteiger partial charge in [0.2, 0.25) is 11.8 Å². The fourth-order valence-corrected chi connectivity index (χ4v) is 4.26. The molecule has 1 saturated carbocycles. The topological polar surface area (TPSA) is 49.4 Å². The molecule has 2 aromatic carbocycles. The summed E-state index contributed by atoms with van der Waals surface area (Å²) >= 11 is 0. The molecule has 1 N–H and O–H groups in total. The van der Waals surface area contributed by atoms with Gasteiger partial charge < -0.3 is 10.2 Å². The quantitative estimate of drug-likeness (QED) is 0.905. The molecule has 0 aromatic heterocycles. The van der Waals surface area contributed by atoms with Crippen LogP contribution in [0.4, 0.5) is 11.4 Å². The summed E-state index contributed by atoms with van der Waals surface area (Å²) in [6, 6.07) is 15.9. The maximum absolute atomic E-state index is 12.7. The SMILES string of the molecule is Cc1cc(NC(=O)Cc2ccccc2)ccc1N1C(=O)C2CCC1CC2. The fraction of sp³-hybridized carbons (Fsp3) is 0.364. The predicted molar refractivity (Wildman–Crippen MR) is 103 cm³/mol. The van der Waals surface area contributed by atoms with E-state index in [-0.39, 0.29) is 17.7 Å². The Morgan fingerprint density at radius 1 is 1.08 bits per heavy atom. The lowest BCUT2D eigenvalue weighted by Crippen LogP contribution is -2.52. The molecule has 4 nitrogen and oxygen atoms in total. The second-order valence-corrected chi connectivity index (χ2v) is 7.43. The lowest BCUT2D eigenvalue weighted by molar-refractivity contribution is -0.127. The molecule has 2 bridgehead atoms. The summed E-state index contributed by atoms with van der Waals surface area (Å²) in [5.74, 6) is 0.442. The average molecular weight is 348 g/mol. The van der Waals surface area contributed by atoms with Crippen LogP contribution >= 0.6 is 0 Å². The number of amides is 2. The summed E-state index contributed by atoms with van der Waals surface area (Å²) in [4.78, 5) is 26.9. The zero-order valence-corrected chi connectivity index (χ0v) is 15.1. The van der Waals surface area contributed by atoms with E-state index in [0.717, 1.165) is 48.2 Å². The van der Waals surface area contributed by atoms with Crippen LogP contribution < -0.4 is 10.2 Å². The van der Waals surface area contributed by atoms with Crippen LogP contribution in [0.25, 0.3) is 0 Å². The first-order valence-corrected chi connectivity index (χ1v) is 9.39. The lowest BCUT2D eigenvalue weighted by Gasteiger charge is -2.45. The van der Waals surface area contributed by atoms with Crippen LogP contribution in [0.3, 0.4) is 0 Å². The van der Waals surface area contributed by atoms with E-state index in [2.05, 4.69) is 5.32 Å². The monoisotopic (exact) mass is 348 g/mol. The highest BCUT2D eigenvalue weighted by Crippen LogP contribution is 2.40. The minimum Gasteiger partial charge on any atom is -0.326 e. The van der Waals surface area contributed by atoms with Crippen LogP contribution in [0, 0.1) is 12.8 Å². The summed E-state index contributed by atoms with van der Waals surface area (Å²) in [6.07, 6.45) is 4.63. The molecule has 4 heteroatoms. The van der Waals surface area contributed by atoms with E-state index in [9.17, 15) is 9.59 Å². The Kier molecular flexibility index (Phi) is 4.49. The maximum Gasteiger partial charge on any atom is 0.230 e. The number of piperidine rings is 2. The summed E-state index contributed by atoms with van der Waals surface area (Å²) in [7, 11) is 0. The third-order valence-electron chi connectivity index (χ3n) is 5.60. The van der Waals surface area contributed by atoms with Gasteiger partial charge in [-0.05, 0) is 61.9 Å². The molecular formula is C22H24N2O2. The molecule has 134 valence electrons. The lowest BCUT2D eigenvalue weighted by atomic mass is 9.79. The molecule has 0 spiro atoms. The molecule has 2 saturated heterocycles. The minimum absolute atomic E-state index is 0.0311. The van der Waals surface area contributed by atoms with Crippen molar-refractivity contribution in [1.82, 2.24) is 0 Å². The van der Waals surface area contributed by atoms with Crippen molar-refractivity contribution in [1.29, 1.82) is 0 Å². The van der Waals surface area contributed by atoms with Gasteiger partial charge in [-0.2, -0.15) is 0 Å². The largest absolute Gasteiger partial charge is 0.326 e. The van der Waals surface area contributed by atoms with Gasteiger partial charge in [-0.15, -0.1) is 0 Å². The Morgan fingerprint density at radius 3 is 2.46 bits per heavy atom. The number of carbonyl (C=O) groups is 2. The first-order chi connectivity index (χ1) is 12.6. The Bertz CT molecular complexity index is 823. The Labute approximate surface area is 154 Å². The van der Waals surface area contributed by atoms with Gasteiger partial charge in [-0.25, -0.2) is 0 Å². The Balaban J connectivity index is 1.48. The second-order valence-electron chi connectivity index (χ2n) is 7.43. The number of fused-ring (bicyclic) bond motifs is 3. The molecular weight excluding hydrogens is 324 g/mol. The molecule has 2 aliphatic heterocycles. The van der Waals surface area contributed by atoms with Gasteiger partial charge in [0.15, 0.2) is 0 Å². The minimum atomic E-state index is -0.0311. The third-order valence-corrected chi connectivity index (χ3v) is 5.60. The van der Waals surface area contributed by atoms with Crippen molar-refractivity contribution in [3.8, 4) is 0 Å². The number of aryl methyl sites for hydroxylation is 1. The first-order valence-electron chi connectivity index (χ1n) is 9.39. The molecule has 2 amide bonds. The summed E-state index contributed by atoms with van der Waals surface area (Å²) in [6.45, 7) is 2.01. The van der Waals surface area contributed by atoms with Crippen molar-refractivity contribution >= 4 is 23.2 Å². The van der Waals surface area contributed by atoms with Crippen LogP contribution in [0.15, 0.2) is 48.5 Å². The van der Waals surface area contributed by atoms with Crippen LogP contribution in [-0.2, 0) is 16.0 Å². The fourth-order valence-electron chi connectivity index (χ4n) is 4.26. The van der Waals surface area contributed by atoms with Crippen LogP contribution in [-0.4, -0.2) is 17.9 Å². The highest BCUT2D eigenvalue weighted by molar-refractivity contribution is 5.98. The zero-order valence-electron chi connectivity index (χ0n) is 15.1. The molecule has 5 rings (SSSR count). The summed E-state index contributed by atoms with van der Waals surface area (Å²) in [5.41, 5.74) is 3.80. The van der Waals surface area contributed by atoms with Gasteiger partial charge in [0.05, 0.1) is 6.42 Å². The van der Waals surface area contributed by atoms with Gasteiger partial charge >= 0.3 is 0 Å². The van der Waals surface area contributed by atoms with Crippen molar-refractivity contribution in [3.05, 3.63) is 59.7 Å². The van der Waals surface area contributed by atoms with Crippen LogP contribution in [0.5, 0.6) is 0 Å². The third kappa shape index (κ3) is 3.24. The smallest absolute Gasteiger partial charge is 0.230 e. The number of anilines is 2. The number of hydrogen-bond acceptors (Lipinski definition) is 2. The van der Waals surface area contributed by atoms with E-state index in [0.29, 0.717) is 12.5 Å². The molecule has 0 radical (unpaired) electrons. The highest BCUT2D eigenvalue weighted by Gasteiger charge is 2.41. The molecule has 0 atom stereocenters. The van der Waals surface area contributed by atoms with E-state index in [4.69, 9.17) is 0 Å². The van der Waals surface area contributed by atoms with E-state index < -0.39 is 0 Å². The average Bonchev–Trinajstić information content (AvgIpc) is 2.64. The van der Waals surface area contributed by atoms with Gasteiger partial charge in [0, 0.05) is 23.3 Å². The van der Waals surface area contributed by atoms with E-state index in [1.54, 1.807) is 0 Å². The van der Waals surface area contributed by atoms with E-state index in [1.165, 1.54) is 0 Å². The highest BCUT2D eigenvalue weighted by atomic mass is 16.2. The van der Waals surface area contributed by atoms with Crippen molar-refractivity contribution in [2.45, 2.75) is 45.1 Å². The summed E-state index contributed by atoms with van der Waals surface area (Å²) in [5, 5.41) is 2.96. The summed E-state index contributed by atoms with van der Waals surface area (Å²) < 4.78 is 0. The van der Waals surface area contributed by atoms with Gasteiger partial charge in [-0.1, -0.05) is 30.3 Å². The predicted octanol–water partition coefficient (Wildman–Crippen LogP) is 4.08. The standard InChI is InChI=1S/C22H24N2O2/c1-15-13-18(23-21(25)14-16-5-3-2-4-6-16)9-12-20(15)24-19-10-7-17(8-11-19)22(24)26/h2-6,9,12-13,17,19H,7-8,10-11,14H2,1H3,(H,23,25). The van der Waals surface area contributed by atoms with E-state index in [1.807, 2.05) is 60.4 Å². The molecule has 1 aliphatic carbocycles. The molecule has 2 heterocycles. The molecule has 0 unspecified atom stereocenters. The number of benzene rings is 2. The molecule has 3 fully saturated rings. The normalized spacial score (nSPS) is 21.7. The van der Waals surface area contributed by atoms with Gasteiger partial charge in [0.1, 0.15) is 0 Å². The Morgan fingerprint density at radius 2 is 1.81 bits per heavy atom. The van der Waals surface area contributed by atoms with Crippen molar-refractivity contribution in [2.24, 2.45) is 5.92 Å². The van der Waals surface area contributed by atoms with Crippen molar-refractivity contribution in [3.63, 3.8) is 0 Å². The number of rotatable bonds is 4. The van der Waals surface area contributed by atoms with Gasteiger partial charge in [0.25, 0.3) is 0 Å². The number of hydrogen-bond donors (Lipinski definition) is 1. The van der Waals surface area contributed by atoms with Gasteiger partial charge in [-0.3, -0.25) is 9.59 Å². The number of nitrogens with one attached hydrogen (secondary N) is 1. The van der Waals surface area contributed by atoms with Crippen LogP contribution in [0.2, 0.25) is 0 Å². The first kappa shape index (κ1) is 16.8. The van der Waals surface area contributed by atoms with Crippen molar-refractivity contribution < 1.29 is 9.59 Å². The molecule has 2 aromatic rings. The maximum atomic E-state index is 12.7.